The smallest absolute Gasteiger partial charge is 0.165 e. The summed E-state index contributed by atoms with van der Waals surface area (Å²) in [4.78, 5) is 2.46. The van der Waals surface area contributed by atoms with Gasteiger partial charge in [-0.15, -0.1) is 0 Å². The first-order chi connectivity index (χ1) is 14.1. The summed E-state index contributed by atoms with van der Waals surface area (Å²) in [6, 6.07) is 13.1. The Morgan fingerprint density at radius 3 is 2.48 bits per heavy atom. The number of halogens is 1. The zero-order valence-electron chi connectivity index (χ0n) is 17.2. The molecule has 2 aliphatic rings. The maximum atomic E-state index is 14.4. The average Bonchev–Trinajstić information content (AvgIpc) is 2.96. The highest BCUT2D eigenvalue weighted by Crippen LogP contribution is 2.47. The summed E-state index contributed by atoms with van der Waals surface area (Å²) >= 11 is 0. The third-order valence-electron chi connectivity index (χ3n) is 6.38. The molecule has 4 rings (SSSR count). The molecule has 2 aromatic rings. The summed E-state index contributed by atoms with van der Waals surface area (Å²) < 4.78 is 25.9. The van der Waals surface area contributed by atoms with Crippen LogP contribution in [-0.2, 0) is 12.1 Å². The fraction of sp³-hybridized carbons (Fsp3) is 0.500. The Morgan fingerprint density at radius 1 is 1.10 bits per heavy atom. The molecule has 5 heteroatoms. The van der Waals surface area contributed by atoms with Gasteiger partial charge in [0, 0.05) is 29.8 Å². The van der Waals surface area contributed by atoms with E-state index in [1.807, 2.05) is 12.1 Å². The molecule has 2 aliphatic heterocycles. The number of methoxy groups -OCH3 is 1. The number of benzene rings is 2. The molecule has 0 spiro atoms. The first kappa shape index (κ1) is 20.2. The van der Waals surface area contributed by atoms with Gasteiger partial charge in [-0.2, -0.15) is 0 Å². The normalized spacial score (nSPS) is 26.5. The third-order valence-corrected chi connectivity index (χ3v) is 6.38. The Morgan fingerprint density at radius 2 is 1.83 bits per heavy atom. The van der Waals surface area contributed by atoms with Crippen LogP contribution in [0, 0.1) is 5.82 Å². The van der Waals surface area contributed by atoms with Gasteiger partial charge < -0.3 is 14.6 Å². The van der Waals surface area contributed by atoms with Crippen LogP contribution in [0.1, 0.15) is 50.2 Å². The minimum atomic E-state index is -1.09. The summed E-state index contributed by atoms with van der Waals surface area (Å²) in [7, 11) is 1.66. The predicted molar refractivity (Wildman–Crippen MR) is 111 cm³/mol. The van der Waals surface area contributed by atoms with Crippen molar-refractivity contribution in [2.75, 3.05) is 13.7 Å². The van der Waals surface area contributed by atoms with Crippen LogP contribution in [0.2, 0.25) is 0 Å². The van der Waals surface area contributed by atoms with Gasteiger partial charge in [-0.25, -0.2) is 4.39 Å². The number of aliphatic hydroxyl groups is 1. The lowest BCUT2D eigenvalue weighted by Crippen LogP contribution is -2.49. The number of para-hydroxylation sites is 1. The molecule has 0 unspecified atom stereocenters. The van der Waals surface area contributed by atoms with Crippen molar-refractivity contribution < 1.29 is 19.0 Å². The first-order valence-electron chi connectivity index (χ1n) is 10.6. The van der Waals surface area contributed by atoms with Crippen LogP contribution in [0.25, 0.3) is 0 Å². The highest BCUT2D eigenvalue weighted by molar-refractivity contribution is 5.46. The van der Waals surface area contributed by atoms with E-state index in [2.05, 4.69) is 17.9 Å². The van der Waals surface area contributed by atoms with Gasteiger partial charge in [0.1, 0.15) is 5.82 Å². The van der Waals surface area contributed by atoms with Gasteiger partial charge in [0.05, 0.1) is 19.3 Å². The molecule has 2 bridgehead atoms. The van der Waals surface area contributed by atoms with Crippen LogP contribution in [0.15, 0.2) is 42.5 Å². The van der Waals surface area contributed by atoms with Crippen LogP contribution in [0.3, 0.4) is 0 Å². The topological polar surface area (TPSA) is 41.9 Å². The van der Waals surface area contributed by atoms with Gasteiger partial charge in [0.2, 0.25) is 0 Å². The van der Waals surface area contributed by atoms with E-state index < -0.39 is 5.60 Å². The van der Waals surface area contributed by atoms with E-state index >= 15 is 0 Å². The zero-order chi connectivity index (χ0) is 20.4. The highest BCUT2D eigenvalue weighted by atomic mass is 19.1. The van der Waals surface area contributed by atoms with E-state index in [4.69, 9.17) is 9.47 Å². The van der Waals surface area contributed by atoms with Gasteiger partial charge in [-0.3, -0.25) is 4.90 Å². The van der Waals surface area contributed by atoms with Crippen LogP contribution >= 0.6 is 0 Å². The van der Waals surface area contributed by atoms with Crippen LogP contribution < -0.4 is 9.47 Å². The lowest BCUT2D eigenvalue weighted by Gasteiger charge is -2.44. The largest absolute Gasteiger partial charge is 0.493 e. The molecule has 2 fully saturated rings. The Balaban J connectivity index is 1.57. The molecule has 156 valence electrons. The Labute approximate surface area is 172 Å². The fourth-order valence-electron chi connectivity index (χ4n) is 5.04. The second kappa shape index (κ2) is 8.33. The Kier molecular flexibility index (Phi) is 5.79. The number of piperidine rings is 1. The van der Waals surface area contributed by atoms with Crippen molar-refractivity contribution in [2.45, 2.75) is 63.3 Å². The van der Waals surface area contributed by atoms with Crippen molar-refractivity contribution in [3.63, 3.8) is 0 Å². The third kappa shape index (κ3) is 3.86. The van der Waals surface area contributed by atoms with Gasteiger partial charge in [-0.1, -0.05) is 37.3 Å². The van der Waals surface area contributed by atoms with Crippen LogP contribution in [0.4, 0.5) is 4.39 Å². The van der Waals surface area contributed by atoms with Crippen LogP contribution in [-0.4, -0.2) is 35.8 Å². The van der Waals surface area contributed by atoms with E-state index in [1.54, 1.807) is 25.3 Å². The molecule has 2 heterocycles. The van der Waals surface area contributed by atoms with Gasteiger partial charge in [0.25, 0.3) is 0 Å². The van der Waals surface area contributed by atoms with Crippen molar-refractivity contribution in [2.24, 2.45) is 0 Å². The van der Waals surface area contributed by atoms with E-state index in [9.17, 15) is 9.50 Å². The lowest BCUT2D eigenvalue weighted by atomic mass is 9.80. The van der Waals surface area contributed by atoms with Crippen molar-refractivity contribution in [1.29, 1.82) is 0 Å². The minimum absolute atomic E-state index is 0.226. The molecular weight excluding hydrogens is 369 g/mol. The van der Waals surface area contributed by atoms with Crippen molar-refractivity contribution in [3.05, 3.63) is 59.4 Å². The second-order valence-electron chi connectivity index (χ2n) is 8.27. The van der Waals surface area contributed by atoms with Crippen LogP contribution in [0.5, 0.6) is 11.5 Å². The fourth-order valence-corrected chi connectivity index (χ4v) is 5.04. The maximum absolute atomic E-state index is 14.4. The summed E-state index contributed by atoms with van der Waals surface area (Å²) in [6.45, 7) is 3.48. The number of ether oxygens (including phenoxy) is 2. The molecule has 0 amide bonds. The van der Waals surface area contributed by atoms with E-state index in [1.165, 1.54) is 6.07 Å². The summed E-state index contributed by atoms with van der Waals surface area (Å²) in [6.07, 6.45) is 4.09. The summed E-state index contributed by atoms with van der Waals surface area (Å²) in [5, 5.41) is 11.3. The molecule has 29 heavy (non-hydrogen) atoms. The predicted octanol–water partition coefficient (Wildman–Crippen LogP) is 4.64. The average molecular weight is 400 g/mol. The molecule has 4 nitrogen and oxygen atoms in total. The molecule has 0 radical (unpaired) electrons. The Bertz CT molecular complexity index is 842. The number of fused-ring (bicyclic) bond motifs is 2. The van der Waals surface area contributed by atoms with E-state index in [0.29, 0.717) is 25.0 Å². The monoisotopic (exact) mass is 399 g/mol. The Hall–Kier alpha value is -2.11. The number of rotatable bonds is 7. The molecule has 0 saturated carbocycles. The molecule has 1 N–H and O–H groups in total. The maximum Gasteiger partial charge on any atom is 0.165 e. The SMILES string of the molecule is CCCOc1c(CN2[C@@H]3CC[C@@H]2CC(O)(c2ccccc2F)C3)cccc1OC. The molecule has 2 atom stereocenters. The highest BCUT2D eigenvalue weighted by Gasteiger charge is 2.49. The molecular formula is C24H30FNO3. The van der Waals surface area contributed by atoms with E-state index in [-0.39, 0.29) is 17.9 Å². The van der Waals surface area contributed by atoms with Crippen molar-refractivity contribution >= 4 is 0 Å². The van der Waals surface area contributed by atoms with Gasteiger partial charge in [-0.05, 0) is 44.2 Å². The number of hydrogen-bond donors (Lipinski definition) is 1. The molecule has 0 aromatic heterocycles. The van der Waals surface area contributed by atoms with Crippen molar-refractivity contribution in [3.8, 4) is 11.5 Å². The first-order valence-corrected chi connectivity index (χ1v) is 10.6. The summed E-state index contributed by atoms with van der Waals surface area (Å²) in [5.74, 6) is 1.25. The van der Waals surface area contributed by atoms with E-state index in [0.717, 1.165) is 42.9 Å². The minimum Gasteiger partial charge on any atom is -0.493 e. The van der Waals surface area contributed by atoms with Gasteiger partial charge in [0.15, 0.2) is 11.5 Å². The van der Waals surface area contributed by atoms with Crippen molar-refractivity contribution in [1.82, 2.24) is 4.90 Å². The number of hydrogen-bond acceptors (Lipinski definition) is 4. The molecule has 2 saturated heterocycles. The lowest BCUT2D eigenvalue weighted by molar-refractivity contribution is -0.0617. The standard InChI is InChI=1S/C24H30FNO3/c1-3-13-29-23-17(7-6-10-22(23)28-2)16-26-18-11-12-19(26)15-24(27,14-18)20-8-4-5-9-21(20)25/h4-10,18-19,27H,3,11-16H2,1-2H3/t18-,19-/m1/s1. The van der Waals surface area contributed by atoms with Gasteiger partial charge >= 0.3 is 0 Å². The number of nitrogens with zero attached hydrogens (tertiary/aromatic N) is 1. The quantitative estimate of drug-likeness (QED) is 0.737. The second-order valence-corrected chi connectivity index (χ2v) is 8.27. The molecule has 0 aliphatic carbocycles. The summed E-state index contributed by atoms with van der Waals surface area (Å²) in [5.41, 5.74) is 0.444. The zero-order valence-corrected chi connectivity index (χ0v) is 17.2. The molecule has 2 aromatic carbocycles.